The fraction of sp³-hybridized carbons (Fsp3) is 0.278. The van der Waals surface area contributed by atoms with Crippen LogP contribution in [-0.4, -0.2) is 19.6 Å². The maximum absolute atomic E-state index is 11.9. The van der Waals surface area contributed by atoms with Crippen molar-refractivity contribution in [1.29, 1.82) is 0 Å². The summed E-state index contributed by atoms with van der Waals surface area (Å²) in [7, 11) is 1.61. The van der Waals surface area contributed by atoms with Gasteiger partial charge in [0.1, 0.15) is 5.75 Å². The van der Waals surface area contributed by atoms with E-state index in [1.807, 2.05) is 36.4 Å². The van der Waals surface area contributed by atoms with Crippen LogP contribution in [0.5, 0.6) is 5.75 Å². The summed E-state index contributed by atoms with van der Waals surface area (Å²) < 4.78 is 5.08. The monoisotopic (exact) mass is 298 g/mol. The zero-order valence-electron chi connectivity index (χ0n) is 13.2. The fourth-order valence-electron chi connectivity index (χ4n) is 2.05. The van der Waals surface area contributed by atoms with Gasteiger partial charge in [-0.05, 0) is 47.9 Å². The molecule has 0 saturated heterocycles. The maximum atomic E-state index is 11.9. The Morgan fingerprint density at radius 1 is 1.00 bits per heavy atom. The van der Waals surface area contributed by atoms with Gasteiger partial charge in [0.15, 0.2) is 0 Å². The van der Waals surface area contributed by atoms with Gasteiger partial charge in [-0.1, -0.05) is 26.0 Å². The van der Waals surface area contributed by atoms with Crippen molar-refractivity contribution in [2.45, 2.75) is 19.8 Å². The van der Waals surface area contributed by atoms with E-state index in [1.165, 1.54) is 5.56 Å². The van der Waals surface area contributed by atoms with E-state index in [2.05, 4.69) is 36.6 Å². The Balaban J connectivity index is 1.84. The number of carbonyl (C=O) groups is 1. The van der Waals surface area contributed by atoms with Crippen LogP contribution in [0.3, 0.4) is 0 Å². The number of rotatable bonds is 6. The first-order valence-electron chi connectivity index (χ1n) is 7.36. The SMILES string of the molecule is COc1ccc(NC(=O)CNc2ccc(C(C)C)cc2)cc1. The summed E-state index contributed by atoms with van der Waals surface area (Å²) in [6.45, 7) is 4.54. The molecule has 0 aliphatic heterocycles. The molecule has 1 amide bonds. The number of hydrogen-bond donors (Lipinski definition) is 2. The summed E-state index contributed by atoms with van der Waals surface area (Å²) >= 11 is 0. The van der Waals surface area contributed by atoms with Gasteiger partial charge in [-0.25, -0.2) is 0 Å². The summed E-state index contributed by atoms with van der Waals surface area (Å²) in [4.78, 5) is 11.9. The van der Waals surface area contributed by atoms with Crippen LogP contribution in [-0.2, 0) is 4.79 Å². The van der Waals surface area contributed by atoms with Gasteiger partial charge < -0.3 is 15.4 Å². The average molecular weight is 298 g/mol. The highest BCUT2D eigenvalue weighted by molar-refractivity contribution is 5.93. The van der Waals surface area contributed by atoms with Gasteiger partial charge in [-0.2, -0.15) is 0 Å². The Kier molecular flexibility index (Phi) is 5.42. The second-order valence-corrected chi connectivity index (χ2v) is 5.41. The van der Waals surface area contributed by atoms with Crippen LogP contribution >= 0.6 is 0 Å². The van der Waals surface area contributed by atoms with Crippen LogP contribution in [0.25, 0.3) is 0 Å². The molecule has 22 heavy (non-hydrogen) atoms. The normalized spacial score (nSPS) is 10.4. The third kappa shape index (κ3) is 4.52. The molecule has 4 heteroatoms. The number of hydrogen-bond acceptors (Lipinski definition) is 3. The summed E-state index contributed by atoms with van der Waals surface area (Å²) in [6, 6.07) is 15.4. The summed E-state index contributed by atoms with van der Waals surface area (Å²) in [5.74, 6) is 1.19. The van der Waals surface area contributed by atoms with Crippen molar-refractivity contribution >= 4 is 17.3 Å². The highest BCUT2D eigenvalue weighted by Gasteiger charge is 2.03. The molecule has 0 spiro atoms. The van der Waals surface area contributed by atoms with Gasteiger partial charge in [0, 0.05) is 11.4 Å². The van der Waals surface area contributed by atoms with Crippen LogP contribution < -0.4 is 15.4 Å². The van der Waals surface area contributed by atoms with Gasteiger partial charge in [-0.15, -0.1) is 0 Å². The van der Waals surface area contributed by atoms with Crippen molar-refractivity contribution < 1.29 is 9.53 Å². The molecular weight excluding hydrogens is 276 g/mol. The average Bonchev–Trinajstić information content (AvgIpc) is 2.54. The van der Waals surface area contributed by atoms with E-state index in [1.54, 1.807) is 7.11 Å². The Morgan fingerprint density at radius 3 is 2.14 bits per heavy atom. The number of carbonyl (C=O) groups excluding carboxylic acids is 1. The Bertz CT molecular complexity index is 604. The van der Waals surface area contributed by atoms with Crippen LogP contribution in [0.2, 0.25) is 0 Å². The van der Waals surface area contributed by atoms with Gasteiger partial charge in [0.25, 0.3) is 0 Å². The molecule has 0 saturated carbocycles. The Labute approximate surface area is 131 Å². The summed E-state index contributed by atoms with van der Waals surface area (Å²) in [5, 5.41) is 5.95. The van der Waals surface area contributed by atoms with Crippen molar-refractivity contribution in [1.82, 2.24) is 0 Å². The van der Waals surface area contributed by atoms with E-state index in [-0.39, 0.29) is 12.5 Å². The molecule has 2 N–H and O–H groups in total. The molecule has 2 rings (SSSR count). The minimum Gasteiger partial charge on any atom is -0.497 e. The molecular formula is C18H22N2O2. The Hall–Kier alpha value is -2.49. The molecule has 0 unspecified atom stereocenters. The molecule has 0 heterocycles. The molecule has 116 valence electrons. The first-order chi connectivity index (χ1) is 10.6. The quantitative estimate of drug-likeness (QED) is 0.851. The lowest BCUT2D eigenvalue weighted by Gasteiger charge is -2.10. The lowest BCUT2D eigenvalue weighted by Crippen LogP contribution is -2.21. The second kappa shape index (κ2) is 7.50. The van der Waals surface area contributed by atoms with Gasteiger partial charge in [-0.3, -0.25) is 4.79 Å². The number of anilines is 2. The lowest BCUT2D eigenvalue weighted by molar-refractivity contribution is -0.114. The van der Waals surface area contributed by atoms with Crippen molar-refractivity contribution in [2.24, 2.45) is 0 Å². The highest BCUT2D eigenvalue weighted by atomic mass is 16.5. The first-order valence-corrected chi connectivity index (χ1v) is 7.36. The Morgan fingerprint density at radius 2 is 1.59 bits per heavy atom. The van der Waals surface area contributed by atoms with Gasteiger partial charge >= 0.3 is 0 Å². The number of benzene rings is 2. The molecule has 0 aliphatic rings. The van der Waals surface area contributed by atoms with Gasteiger partial charge in [0.05, 0.1) is 13.7 Å². The number of methoxy groups -OCH3 is 1. The zero-order chi connectivity index (χ0) is 15.9. The number of amides is 1. The molecule has 0 fully saturated rings. The topological polar surface area (TPSA) is 50.4 Å². The fourth-order valence-corrected chi connectivity index (χ4v) is 2.05. The van der Waals surface area contributed by atoms with Crippen LogP contribution in [0.15, 0.2) is 48.5 Å². The largest absolute Gasteiger partial charge is 0.497 e. The van der Waals surface area contributed by atoms with Crippen LogP contribution in [0.4, 0.5) is 11.4 Å². The molecule has 0 atom stereocenters. The number of ether oxygens (including phenoxy) is 1. The molecule has 2 aromatic carbocycles. The second-order valence-electron chi connectivity index (χ2n) is 5.41. The third-order valence-electron chi connectivity index (χ3n) is 3.40. The third-order valence-corrected chi connectivity index (χ3v) is 3.40. The standard InChI is InChI=1S/C18H22N2O2/c1-13(2)14-4-6-15(7-5-14)19-12-18(21)20-16-8-10-17(22-3)11-9-16/h4-11,13,19H,12H2,1-3H3,(H,20,21). The van der Waals surface area contributed by atoms with E-state index in [0.29, 0.717) is 5.92 Å². The first kappa shape index (κ1) is 15.9. The smallest absolute Gasteiger partial charge is 0.243 e. The van der Waals surface area contributed by atoms with Crippen LogP contribution in [0, 0.1) is 0 Å². The highest BCUT2D eigenvalue weighted by Crippen LogP contribution is 2.17. The lowest BCUT2D eigenvalue weighted by atomic mass is 10.0. The maximum Gasteiger partial charge on any atom is 0.243 e. The van der Waals surface area contributed by atoms with Crippen LogP contribution in [0.1, 0.15) is 25.3 Å². The number of nitrogens with one attached hydrogen (secondary N) is 2. The van der Waals surface area contributed by atoms with Crippen molar-refractivity contribution in [3.8, 4) is 5.75 Å². The molecule has 0 aliphatic carbocycles. The van der Waals surface area contributed by atoms with Crippen molar-refractivity contribution in [3.63, 3.8) is 0 Å². The summed E-state index contributed by atoms with van der Waals surface area (Å²) in [5.41, 5.74) is 2.98. The predicted molar refractivity (Wildman–Crippen MR) is 90.6 cm³/mol. The minimum absolute atomic E-state index is 0.0851. The summed E-state index contributed by atoms with van der Waals surface area (Å²) in [6.07, 6.45) is 0. The predicted octanol–water partition coefficient (Wildman–Crippen LogP) is 3.87. The van der Waals surface area contributed by atoms with E-state index < -0.39 is 0 Å². The van der Waals surface area contributed by atoms with Gasteiger partial charge in [0.2, 0.25) is 5.91 Å². The molecule has 4 nitrogen and oxygen atoms in total. The van der Waals surface area contributed by atoms with E-state index in [0.717, 1.165) is 17.1 Å². The molecule has 0 radical (unpaired) electrons. The van der Waals surface area contributed by atoms with E-state index in [4.69, 9.17) is 4.74 Å². The minimum atomic E-state index is -0.0851. The van der Waals surface area contributed by atoms with E-state index >= 15 is 0 Å². The van der Waals surface area contributed by atoms with Crippen molar-refractivity contribution in [2.75, 3.05) is 24.3 Å². The van der Waals surface area contributed by atoms with E-state index in [9.17, 15) is 4.79 Å². The molecule has 2 aromatic rings. The molecule has 0 bridgehead atoms. The zero-order valence-corrected chi connectivity index (χ0v) is 13.2. The van der Waals surface area contributed by atoms with Crippen molar-refractivity contribution in [3.05, 3.63) is 54.1 Å². The molecule has 0 aromatic heterocycles.